The fraction of sp³-hybridized carbons (Fsp3) is 0.500. The summed E-state index contributed by atoms with van der Waals surface area (Å²) in [6.45, 7) is 6.11. The minimum Gasteiger partial charge on any atom is -0.467 e. The summed E-state index contributed by atoms with van der Waals surface area (Å²) in [5.74, 6) is 0.136. The number of carbonyl (C=O) groups excluding carboxylic acids is 1. The highest BCUT2D eigenvalue weighted by atomic mass is 16.5. The Morgan fingerprint density at radius 2 is 2.11 bits per heavy atom. The van der Waals surface area contributed by atoms with Gasteiger partial charge in [-0.15, -0.1) is 0 Å². The first-order chi connectivity index (χ1) is 8.43. The van der Waals surface area contributed by atoms with Gasteiger partial charge in [0.1, 0.15) is 6.04 Å². The van der Waals surface area contributed by atoms with Crippen molar-refractivity contribution in [3.63, 3.8) is 0 Å². The molecule has 0 aromatic heterocycles. The van der Waals surface area contributed by atoms with Crippen LogP contribution in [0.3, 0.4) is 0 Å². The van der Waals surface area contributed by atoms with Crippen LogP contribution in [0.1, 0.15) is 25.8 Å². The van der Waals surface area contributed by atoms with Gasteiger partial charge in [0.15, 0.2) is 0 Å². The van der Waals surface area contributed by atoms with Gasteiger partial charge in [-0.25, -0.2) is 4.79 Å². The molecule has 1 atom stereocenters. The molecule has 0 spiro atoms. The van der Waals surface area contributed by atoms with Crippen LogP contribution in [-0.2, 0) is 9.53 Å². The van der Waals surface area contributed by atoms with Crippen LogP contribution in [0.4, 0.5) is 11.4 Å². The van der Waals surface area contributed by atoms with Crippen molar-refractivity contribution in [1.82, 2.24) is 0 Å². The smallest absolute Gasteiger partial charge is 0.328 e. The monoisotopic (exact) mass is 250 g/mol. The highest BCUT2D eigenvalue weighted by Crippen LogP contribution is 2.22. The minimum atomic E-state index is -0.361. The second kappa shape index (κ2) is 6.28. The van der Waals surface area contributed by atoms with Gasteiger partial charge < -0.3 is 15.8 Å². The number of hydrogen-bond donors (Lipinski definition) is 2. The molecule has 1 rings (SSSR count). The topological polar surface area (TPSA) is 64.3 Å². The molecule has 0 aliphatic carbocycles. The summed E-state index contributed by atoms with van der Waals surface area (Å²) in [4.78, 5) is 11.7. The molecule has 0 aliphatic heterocycles. The van der Waals surface area contributed by atoms with Crippen LogP contribution in [0.15, 0.2) is 18.2 Å². The van der Waals surface area contributed by atoms with Gasteiger partial charge in [0.2, 0.25) is 0 Å². The Hall–Kier alpha value is -1.71. The highest BCUT2D eigenvalue weighted by molar-refractivity contribution is 5.81. The molecule has 4 heteroatoms. The second-order valence-electron chi connectivity index (χ2n) is 4.94. The lowest BCUT2D eigenvalue weighted by Crippen LogP contribution is -2.32. The van der Waals surface area contributed by atoms with E-state index in [4.69, 9.17) is 10.5 Å². The summed E-state index contributed by atoms with van der Waals surface area (Å²) in [6.07, 6.45) is 0.708. The normalized spacial score (nSPS) is 12.3. The van der Waals surface area contributed by atoms with E-state index in [1.54, 1.807) is 0 Å². The lowest BCUT2D eigenvalue weighted by atomic mass is 10.0. The van der Waals surface area contributed by atoms with Gasteiger partial charge in [-0.05, 0) is 37.0 Å². The summed E-state index contributed by atoms with van der Waals surface area (Å²) < 4.78 is 4.81. The van der Waals surface area contributed by atoms with Crippen molar-refractivity contribution < 1.29 is 9.53 Å². The number of ether oxygens (including phenoxy) is 1. The molecule has 0 aliphatic rings. The Kier molecular flexibility index (Phi) is 5.01. The molecule has 0 saturated heterocycles. The molecule has 0 heterocycles. The van der Waals surface area contributed by atoms with Crippen molar-refractivity contribution in [3.05, 3.63) is 23.8 Å². The molecule has 0 radical (unpaired) electrons. The van der Waals surface area contributed by atoms with Crippen LogP contribution in [0.2, 0.25) is 0 Å². The number of methoxy groups -OCH3 is 1. The highest BCUT2D eigenvalue weighted by Gasteiger charge is 2.20. The predicted octanol–water partition coefficient (Wildman–Crippen LogP) is 2.58. The fourth-order valence-corrected chi connectivity index (χ4v) is 1.83. The summed E-state index contributed by atoms with van der Waals surface area (Å²) in [7, 11) is 1.40. The van der Waals surface area contributed by atoms with Crippen LogP contribution in [-0.4, -0.2) is 19.1 Å². The molecule has 1 aromatic rings. The van der Waals surface area contributed by atoms with Crippen LogP contribution < -0.4 is 11.1 Å². The Balaban J connectivity index is 2.85. The van der Waals surface area contributed by atoms with Crippen molar-refractivity contribution in [2.45, 2.75) is 33.2 Å². The zero-order valence-electron chi connectivity index (χ0n) is 11.5. The van der Waals surface area contributed by atoms with Crippen LogP contribution in [0.5, 0.6) is 0 Å². The molecule has 100 valence electrons. The van der Waals surface area contributed by atoms with Gasteiger partial charge in [0.05, 0.1) is 18.5 Å². The lowest BCUT2D eigenvalue weighted by molar-refractivity contribution is -0.141. The molecule has 4 nitrogen and oxygen atoms in total. The number of carbonyl (C=O) groups is 1. The Bertz CT molecular complexity index is 416. The van der Waals surface area contributed by atoms with Crippen molar-refractivity contribution >= 4 is 17.3 Å². The van der Waals surface area contributed by atoms with E-state index in [9.17, 15) is 4.79 Å². The maximum Gasteiger partial charge on any atom is 0.328 e. The van der Waals surface area contributed by atoms with Gasteiger partial charge in [0, 0.05) is 0 Å². The number of nitrogens with one attached hydrogen (secondary N) is 1. The van der Waals surface area contributed by atoms with E-state index < -0.39 is 0 Å². The first-order valence-corrected chi connectivity index (χ1v) is 6.14. The van der Waals surface area contributed by atoms with E-state index in [2.05, 4.69) is 19.2 Å². The Labute approximate surface area is 109 Å². The molecule has 0 amide bonds. The van der Waals surface area contributed by atoms with Crippen molar-refractivity contribution in [3.8, 4) is 0 Å². The van der Waals surface area contributed by atoms with Crippen molar-refractivity contribution in [2.24, 2.45) is 5.92 Å². The second-order valence-corrected chi connectivity index (χ2v) is 4.94. The number of nitrogens with two attached hydrogens (primary N) is 1. The lowest BCUT2D eigenvalue weighted by Gasteiger charge is -2.20. The number of anilines is 2. The van der Waals surface area contributed by atoms with E-state index >= 15 is 0 Å². The third kappa shape index (κ3) is 3.95. The number of benzene rings is 1. The Morgan fingerprint density at radius 1 is 1.44 bits per heavy atom. The van der Waals surface area contributed by atoms with E-state index in [0.29, 0.717) is 18.0 Å². The minimum absolute atomic E-state index is 0.260. The zero-order chi connectivity index (χ0) is 13.7. The average molecular weight is 250 g/mol. The maximum absolute atomic E-state index is 11.7. The third-order valence-corrected chi connectivity index (χ3v) is 2.73. The van der Waals surface area contributed by atoms with Gasteiger partial charge in [-0.3, -0.25) is 0 Å². The third-order valence-electron chi connectivity index (χ3n) is 2.73. The first kappa shape index (κ1) is 14.4. The van der Waals surface area contributed by atoms with Gasteiger partial charge in [-0.2, -0.15) is 0 Å². The van der Waals surface area contributed by atoms with E-state index in [1.165, 1.54) is 7.11 Å². The first-order valence-electron chi connectivity index (χ1n) is 6.14. The van der Waals surface area contributed by atoms with E-state index in [-0.39, 0.29) is 12.0 Å². The quantitative estimate of drug-likeness (QED) is 0.622. The molecular formula is C14H22N2O2. The van der Waals surface area contributed by atoms with E-state index in [1.807, 2.05) is 25.1 Å². The SMILES string of the molecule is COC(=O)C(CC(C)C)Nc1ccc(C)cc1N. The molecule has 1 aromatic carbocycles. The molecular weight excluding hydrogens is 228 g/mol. The Morgan fingerprint density at radius 3 is 2.61 bits per heavy atom. The molecule has 3 N–H and O–H groups in total. The number of hydrogen-bond acceptors (Lipinski definition) is 4. The van der Waals surface area contributed by atoms with Crippen molar-refractivity contribution in [1.29, 1.82) is 0 Å². The van der Waals surface area contributed by atoms with Crippen molar-refractivity contribution in [2.75, 3.05) is 18.2 Å². The van der Waals surface area contributed by atoms with Gasteiger partial charge in [0.25, 0.3) is 0 Å². The number of rotatable bonds is 5. The largest absolute Gasteiger partial charge is 0.467 e. The van der Waals surface area contributed by atoms with Gasteiger partial charge >= 0.3 is 5.97 Å². The zero-order valence-corrected chi connectivity index (χ0v) is 11.5. The van der Waals surface area contributed by atoms with Crippen LogP contribution in [0.25, 0.3) is 0 Å². The summed E-state index contributed by atoms with van der Waals surface area (Å²) in [6, 6.07) is 5.37. The van der Waals surface area contributed by atoms with Crippen LogP contribution in [0, 0.1) is 12.8 Å². The average Bonchev–Trinajstić information content (AvgIpc) is 2.30. The van der Waals surface area contributed by atoms with E-state index in [0.717, 1.165) is 11.3 Å². The van der Waals surface area contributed by atoms with Crippen LogP contribution >= 0.6 is 0 Å². The number of esters is 1. The predicted molar refractivity (Wildman–Crippen MR) is 74.5 cm³/mol. The summed E-state index contributed by atoms with van der Waals surface area (Å²) in [5, 5.41) is 3.16. The standard InChI is InChI=1S/C14H22N2O2/c1-9(2)7-13(14(17)18-4)16-12-6-5-10(3)8-11(12)15/h5-6,8-9,13,16H,7,15H2,1-4H3. The fourth-order valence-electron chi connectivity index (χ4n) is 1.83. The van der Waals surface area contributed by atoms with Gasteiger partial charge in [-0.1, -0.05) is 19.9 Å². The number of aryl methyl sites for hydroxylation is 1. The molecule has 0 bridgehead atoms. The summed E-state index contributed by atoms with van der Waals surface area (Å²) in [5.41, 5.74) is 8.44. The molecule has 0 saturated carbocycles. The molecule has 18 heavy (non-hydrogen) atoms. The maximum atomic E-state index is 11.7. The number of nitrogen functional groups attached to an aromatic ring is 1. The molecule has 0 fully saturated rings. The molecule has 1 unspecified atom stereocenters. The summed E-state index contributed by atoms with van der Waals surface area (Å²) >= 11 is 0.